The maximum atomic E-state index is 11.3. The second-order valence-corrected chi connectivity index (χ2v) is 4.68. The highest BCUT2D eigenvalue weighted by molar-refractivity contribution is 6.20. The van der Waals surface area contributed by atoms with Crippen LogP contribution < -0.4 is 5.32 Å². The summed E-state index contributed by atoms with van der Waals surface area (Å²) in [5.74, 6) is 0.685. The summed E-state index contributed by atoms with van der Waals surface area (Å²) >= 11 is 6.11. The van der Waals surface area contributed by atoms with Crippen LogP contribution in [0.1, 0.15) is 45.4 Å². The summed E-state index contributed by atoms with van der Waals surface area (Å²) in [4.78, 5) is 11.3. The van der Waals surface area contributed by atoms with Gasteiger partial charge in [0.15, 0.2) is 0 Å². The van der Waals surface area contributed by atoms with E-state index < -0.39 is 0 Å². The Balaban J connectivity index is 2.10. The molecule has 0 spiro atoms. The molecule has 3 heteroatoms. The van der Waals surface area contributed by atoms with Gasteiger partial charge in [-0.1, -0.05) is 19.8 Å². The number of alkyl halides is 1. The van der Waals surface area contributed by atoms with E-state index in [4.69, 9.17) is 11.6 Å². The maximum Gasteiger partial charge on any atom is 0.220 e. The summed E-state index contributed by atoms with van der Waals surface area (Å²) in [6.45, 7) is 2.87. The number of hydrogen-bond donors (Lipinski definition) is 1. The molecule has 0 bridgehead atoms. The van der Waals surface area contributed by atoms with Gasteiger partial charge in [-0.3, -0.25) is 4.79 Å². The van der Waals surface area contributed by atoms with Crippen molar-refractivity contribution in [1.82, 2.24) is 5.32 Å². The smallest absolute Gasteiger partial charge is 0.220 e. The van der Waals surface area contributed by atoms with Crippen LogP contribution in [-0.4, -0.2) is 17.8 Å². The van der Waals surface area contributed by atoms with Gasteiger partial charge in [-0.25, -0.2) is 0 Å². The van der Waals surface area contributed by atoms with E-state index in [0.717, 1.165) is 25.8 Å². The molecule has 2 atom stereocenters. The number of unbranched alkanes of at least 4 members (excludes halogenated alkanes) is 1. The molecule has 1 fully saturated rings. The molecule has 1 aliphatic carbocycles. The van der Waals surface area contributed by atoms with Gasteiger partial charge in [0.2, 0.25) is 5.91 Å². The third-order valence-electron chi connectivity index (χ3n) is 2.89. The zero-order chi connectivity index (χ0) is 10.4. The predicted octanol–water partition coefficient (Wildman–Crippen LogP) is 2.70. The summed E-state index contributed by atoms with van der Waals surface area (Å²) in [6, 6.07) is 0. The first-order chi connectivity index (χ1) is 6.74. The van der Waals surface area contributed by atoms with E-state index in [0.29, 0.717) is 12.3 Å². The van der Waals surface area contributed by atoms with E-state index in [1.165, 1.54) is 12.8 Å². The quantitative estimate of drug-likeness (QED) is 0.705. The lowest BCUT2D eigenvalue weighted by Gasteiger charge is -2.14. The number of carbonyl (C=O) groups excluding carboxylic acids is 1. The highest BCUT2D eigenvalue weighted by atomic mass is 35.5. The Kier molecular flexibility index (Phi) is 5.31. The lowest BCUT2D eigenvalue weighted by atomic mass is 10.1. The Morgan fingerprint density at radius 3 is 2.86 bits per heavy atom. The number of halogens is 1. The minimum atomic E-state index is 0.183. The van der Waals surface area contributed by atoms with Crippen LogP contribution in [0.25, 0.3) is 0 Å². The zero-order valence-electron chi connectivity index (χ0n) is 8.89. The highest BCUT2D eigenvalue weighted by Gasteiger charge is 2.25. The molecule has 1 N–H and O–H groups in total. The molecular weight excluding hydrogens is 198 g/mol. The Morgan fingerprint density at radius 2 is 2.29 bits per heavy atom. The number of carbonyl (C=O) groups is 1. The van der Waals surface area contributed by atoms with E-state index in [1.807, 2.05) is 0 Å². The molecule has 0 aliphatic heterocycles. The van der Waals surface area contributed by atoms with Crippen molar-refractivity contribution < 1.29 is 4.79 Å². The van der Waals surface area contributed by atoms with Crippen molar-refractivity contribution in [2.24, 2.45) is 5.92 Å². The fraction of sp³-hybridized carbons (Fsp3) is 0.909. The summed E-state index contributed by atoms with van der Waals surface area (Å²) in [7, 11) is 0. The van der Waals surface area contributed by atoms with Crippen LogP contribution in [0.3, 0.4) is 0 Å². The van der Waals surface area contributed by atoms with Gasteiger partial charge >= 0.3 is 0 Å². The predicted molar refractivity (Wildman–Crippen MR) is 59.5 cm³/mol. The van der Waals surface area contributed by atoms with Crippen molar-refractivity contribution in [3.8, 4) is 0 Å². The van der Waals surface area contributed by atoms with Crippen molar-refractivity contribution in [3.63, 3.8) is 0 Å². The Labute approximate surface area is 91.4 Å². The van der Waals surface area contributed by atoms with E-state index in [-0.39, 0.29) is 11.3 Å². The summed E-state index contributed by atoms with van der Waals surface area (Å²) in [6.07, 6.45) is 6.22. The lowest BCUT2D eigenvalue weighted by molar-refractivity contribution is -0.121. The molecule has 82 valence electrons. The van der Waals surface area contributed by atoms with Crippen molar-refractivity contribution in [1.29, 1.82) is 0 Å². The van der Waals surface area contributed by atoms with E-state index in [9.17, 15) is 4.79 Å². The van der Waals surface area contributed by atoms with Crippen LogP contribution in [0, 0.1) is 5.92 Å². The van der Waals surface area contributed by atoms with Gasteiger partial charge in [-0.05, 0) is 25.2 Å². The van der Waals surface area contributed by atoms with Crippen LogP contribution in [-0.2, 0) is 4.79 Å². The molecule has 0 aromatic carbocycles. The zero-order valence-corrected chi connectivity index (χ0v) is 9.65. The van der Waals surface area contributed by atoms with Crippen molar-refractivity contribution in [2.75, 3.05) is 6.54 Å². The first-order valence-corrected chi connectivity index (χ1v) is 6.08. The molecule has 2 nitrogen and oxygen atoms in total. The fourth-order valence-corrected chi connectivity index (χ4v) is 2.26. The molecule has 1 saturated carbocycles. The average molecular weight is 218 g/mol. The minimum Gasteiger partial charge on any atom is -0.356 e. The van der Waals surface area contributed by atoms with Gasteiger partial charge in [0.05, 0.1) is 0 Å². The number of nitrogens with one attached hydrogen (secondary N) is 1. The Bertz CT molecular complexity index is 184. The first-order valence-electron chi connectivity index (χ1n) is 5.64. The molecule has 2 unspecified atom stereocenters. The van der Waals surface area contributed by atoms with Crippen LogP contribution in [0.2, 0.25) is 0 Å². The Hall–Kier alpha value is -0.240. The summed E-state index contributed by atoms with van der Waals surface area (Å²) in [5, 5.41) is 3.25. The second-order valence-electron chi connectivity index (χ2n) is 4.11. The van der Waals surface area contributed by atoms with E-state index in [1.54, 1.807) is 0 Å². The molecule has 0 saturated heterocycles. The lowest BCUT2D eigenvalue weighted by Crippen LogP contribution is -2.30. The fourth-order valence-electron chi connectivity index (χ4n) is 1.89. The van der Waals surface area contributed by atoms with Crippen LogP contribution in [0.5, 0.6) is 0 Å². The van der Waals surface area contributed by atoms with Gasteiger partial charge in [-0.15, -0.1) is 11.6 Å². The molecule has 1 rings (SSSR count). The number of rotatable bonds is 5. The van der Waals surface area contributed by atoms with Crippen LogP contribution in [0.4, 0.5) is 0 Å². The third-order valence-corrected chi connectivity index (χ3v) is 3.46. The van der Waals surface area contributed by atoms with Gasteiger partial charge in [0.25, 0.3) is 0 Å². The van der Waals surface area contributed by atoms with Crippen molar-refractivity contribution >= 4 is 17.5 Å². The molecule has 0 heterocycles. The minimum absolute atomic E-state index is 0.183. The number of hydrogen-bond acceptors (Lipinski definition) is 1. The molecule has 14 heavy (non-hydrogen) atoms. The molecule has 1 aliphatic rings. The standard InChI is InChI=1S/C11H20ClNO/c1-2-3-7-11(14)13-8-9-5-4-6-10(9)12/h9-10H,2-8H2,1H3,(H,13,14). The molecule has 0 aromatic rings. The van der Waals surface area contributed by atoms with Crippen molar-refractivity contribution in [3.05, 3.63) is 0 Å². The van der Waals surface area contributed by atoms with Gasteiger partial charge < -0.3 is 5.32 Å². The SMILES string of the molecule is CCCCC(=O)NCC1CCCC1Cl. The summed E-state index contributed by atoms with van der Waals surface area (Å²) in [5.41, 5.74) is 0. The van der Waals surface area contributed by atoms with Gasteiger partial charge in [0, 0.05) is 18.3 Å². The molecule has 0 radical (unpaired) electrons. The topological polar surface area (TPSA) is 29.1 Å². The first kappa shape index (κ1) is 11.8. The van der Waals surface area contributed by atoms with Crippen LogP contribution in [0.15, 0.2) is 0 Å². The molecule has 1 amide bonds. The highest BCUT2D eigenvalue weighted by Crippen LogP contribution is 2.29. The third kappa shape index (κ3) is 3.87. The molecule has 0 aromatic heterocycles. The molecular formula is C11H20ClNO. The monoisotopic (exact) mass is 217 g/mol. The largest absolute Gasteiger partial charge is 0.356 e. The Morgan fingerprint density at radius 1 is 1.50 bits per heavy atom. The second kappa shape index (κ2) is 6.28. The van der Waals surface area contributed by atoms with Gasteiger partial charge in [0.1, 0.15) is 0 Å². The summed E-state index contributed by atoms with van der Waals surface area (Å²) < 4.78 is 0. The van der Waals surface area contributed by atoms with Crippen molar-refractivity contribution in [2.45, 2.75) is 50.8 Å². The average Bonchev–Trinajstić information content (AvgIpc) is 2.58. The van der Waals surface area contributed by atoms with E-state index >= 15 is 0 Å². The number of amides is 1. The van der Waals surface area contributed by atoms with Gasteiger partial charge in [-0.2, -0.15) is 0 Å². The normalized spacial score (nSPS) is 26.4. The van der Waals surface area contributed by atoms with Crippen LogP contribution >= 0.6 is 11.6 Å². The maximum absolute atomic E-state index is 11.3. The van der Waals surface area contributed by atoms with E-state index in [2.05, 4.69) is 12.2 Å².